The van der Waals surface area contributed by atoms with E-state index in [0.717, 1.165) is 78.9 Å². The smallest absolute Gasteiger partial charge is 0.0379 e. The zero-order chi connectivity index (χ0) is 43.3. The summed E-state index contributed by atoms with van der Waals surface area (Å²) in [5.74, 6) is 0. The van der Waals surface area contributed by atoms with E-state index in [-0.39, 0.29) is 0 Å². The van der Waals surface area contributed by atoms with Gasteiger partial charge in [-0.1, -0.05) is 84.9 Å². The van der Waals surface area contributed by atoms with E-state index in [2.05, 4.69) is 39.8 Å². The highest BCUT2D eigenvalue weighted by Crippen LogP contribution is 2.36. The molecule has 0 bridgehead atoms. The predicted octanol–water partition coefficient (Wildman–Crippen LogP) is 11.3. The van der Waals surface area contributed by atoms with Crippen LogP contribution in [0.5, 0.6) is 0 Å². The lowest BCUT2D eigenvalue weighted by molar-refractivity contribution is 1.25. The van der Waals surface area contributed by atoms with E-state index in [1.807, 2.05) is 158 Å². The molecule has 0 heterocycles. The zero-order valence-corrected chi connectivity index (χ0v) is 34.8. The van der Waals surface area contributed by atoms with Gasteiger partial charge in [-0.2, -0.15) is 0 Å². The van der Waals surface area contributed by atoms with E-state index in [4.69, 9.17) is 45.9 Å². The lowest BCUT2D eigenvalue weighted by atomic mass is 9.88. The number of nitrogen functional groups attached to an aromatic ring is 8. The second kappa shape index (κ2) is 20.0. The molecule has 0 aromatic heterocycles. The van der Waals surface area contributed by atoms with E-state index in [1.54, 1.807) is 0 Å². The van der Waals surface area contributed by atoms with Crippen molar-refractivity contribution in [1.29, 1.82) is 0 Å². The first-order valence-corrected chi connectivity index (χ1v) is 19.6. The summed E-state index contributed by atoms with van der Waals surface area (Å²) in [6.45, 7) is 8.42. The van der Waals surface area contributed by atoms with Crippen LogP contribution >= 0.6 is 0 Å². The van der Waals surface area contributed by atoms with Gasteiger partial charge < -0.3 is 45.9 Å². The third-order valence-corrected chi connectivity index (χ3v) is 10.3. The van der Waals surface area contributed by atoms with Gasteiger partial charge in [0.05, 0.1) is 0 Å². The molecule has 0 fully saturated rings. The van der Waals surface area contributed by atoms with Crippen LogP contribution in [0.15, 0.2) is 170 Å². The summed E-state index contributed by atoms with van der Waals surface area (Å²) in [4.78, 5) is 0. The first-order chi connectivity index (χ1) is 28.7. The minimum absolute atomic E-state index is 0.782. The summed E-state index contributed by atoms with van der Waals surface area (Å²) in [7, 11) is 0. The molecule has 8 aromatic carbocycles. The van der Waals surface area contributed by atoms with Gasteiger partial charge in [0.25, 0.3) is 0 Å². The molecule has 0 radical (unpaired) electrons. The topological polar surface area (TPSA) is 208 Å². The fraction of sp³-hybridized carbons (Fsp3) is 0.0769. The van der Waals surface area contributed by atoms with Gasteiger partial charge >= 0.3 is 0 Å². The Labute approximate surface area is 354 Å². The van der Waals surface area contributed by atoms with Crippen molar-refractivity contribution in [3.8, 4) is 44.5 Å². The molecule has 8 rings (SSSR count). The monoisotopic (exact) mass is 792 g/mol. The lowest BCUT2D eigenvalue weighted by Crippen LogP contribution is -2.02. The highest BCUT2D eigenvalue weighted by molar-refractivity contribution is 5.79. The molecule has 8 aromatic rings. The molecule has 0 amide bonds. The fourth-order valence-electron chi connectivity index (χ4n) is 6.48. The van der Waals surface area contributed by atoms with Crippen LogP contribution in [0.2, 0.25) is 0 Å². The van der Waals surface area contributed by atoms with E-state index in [1.165, 1.54) is 33.4 Å². The second-order valence-corrected chi connectivity index (χ2v) is 14.6. The molecule has 0 unspecified atom stereocenters. The van der Waals surface area contributed by atoms with Crippen LogP contribution in [-0.2, 0) is 0 Å². The van der Waals surface area contributed by atoms with Crippen LogP contribution in [0.4, 0.5) is 45.5 Å². The second-order valence-electron chi connectivity index (χ2n) is 14.6. The van der Waals surface area contributed by atoms with E-state index < -0.39 is 0 Å². The minimum Gasteiger partial charge on any atom is -0.399 e. The molecule has 0 aliphatic carbocycles. The van der Waals surface area contributed by atoms with Crippen molar-refractivity contribution in [2.24, 2.45) is 0 Å². The Morgan fingerprint density at radius 2 is 0.350 bits per heavy atom. The average molecular weight is 793 g/mol. The molecule has 0 aliphatic rings. The van der Waals surface area contributed by atoms with Gasteiger partial charge in [0, 0.05) is 45.5 Å². The van der Waals surface area contributed by atoms with Crippen molar-refractivity contribution in [3.63, 3.8) is 0 Å². The Hall–Kier alpha value is -7.84. The number of nitrogens with two attached hydrogens (primary N) is 8. The molecule has 0 aliphatic heterocycles. The Kier molecular flexibility index (Phi) is 14.5. The van der Waals surface area contributed by atoms with Crippen molar-refractivity contribution in [1.82, 2.24) is 0 Å². The van der Waals surface area contributed by atoms with Crippen molar-refractivity contribution in [2.75, 3.05) is 45.9 Å². The average Bonchev–Trinajstić information content (AvgIpc) is 3.25. The first-order valence-electron chi connectivity index (χ1n) is 19.6. The van der Waals surface area contributed by atoms with E-state index in [9.17, 15) is 0 Å². The van der Waals surface area contributed by atoms with Gasteiger partial charge in [-0.15, -0.1) is 0 Å². The number of hydrogen-bond donors (Lipinski definition) is 8. The number of benzene rings is 8. The largest absolute Gasteiger partial charge is 0.399 e. The van der Waals surface area contributed by atoms with Crippen LogP contribution in [0.25, 0.3) is 44.5 Å². The maximum atomic E-state index is 6.13. The SMILES string of the molecule is Cc1c(C)c(-c2ccc(N)cc2)c(C)c(C)c1N.Nc1ccc(-c2ccc(N)cc2)cc1.Nc1ccc(-c2ccc(N)cc2)cc1.Nc1ccc(-c2ccc(N)cc2)cc1. The Balaban J connectivity index is 0.000000153. The van der Waals surface area contributed by atoms with E-state index in [0.29, 0.717) is 0 Å². The maximum Gasteiger partial charge on any atom is 0.0379 e. The summed E-state index contributed by atoms with van der Waals surface area (Å²) in [6, 6.07) is 54.8. The standard InChI is InChI=1S/C16H20N2.3C12H12N2/c1-9-11(3)16(18)12(4)10(2)15(9)13-5-7-14(17)8-6-13;3*13-11-5-1-9(2-6-11)10-3-7-12(14)8-4-10/h5-8H,17-18H2,1-4H3;3*1-8H,13-14H2. The highest BCUT2D eigenvalue weighted by Gasteiger charge is 2.14. The fourth-order valence-corrected chi connectivity index (χ4v) is 6.48. The zero-order valence-electron chi connectivity index (χ0n) is 34.8. The molecule has 0 atom stereocenters. The Morgan fingerprint density at radius 1 is 0.200 bits per heavy atom. The minimum atomic E-state index is 0.782. The van der Waals surface area contributed by atoms with Gasteiger partial charge in [-0.05, 0) is 179 Å². The highest BCUT2D eigenvalue weighted by atomic mass is 14.6. The Morgan fingerprint density at radius 3 is 0.517 bits per heavy atom. The molecule has 8 nitrogen and oxygen atoms in total. The van der Waals surface area contributed by atoms with Gasteiger partial charge in [-0.25, -0.2) is 0 Å². The number of anilines is 8. The maximum absolute atomic E-state index is 6.13. The summed E-state index contributed by atoms with van der Waals surface area (Å²) in [6.07, 6.45) is 0. The molecule has 304 valence electrons. The predicted molar refractivity (Wildman–Crippen MR) is 262 cm³/mol. The number of rotatable bonds is 4. The van der Waals surface area contributed by atoms with Crippen molar-refractivity contribution < 1.29 is 0 Å². The van der Waals surface area contributed by atoms with Gasteiger partial charge in [-0.3, -0.25) is 0 Å². The molecule has 8 heteroatoms. The van der Waals surface area contributed by atoms with E-state index >= 15 is 0 Å². The number of hydrogen-bond acceptors (Lipinski definition) is 8. The molecule has 0 saturated carbocycles. The third kappa shape index (κ3) is 11.6. The van der Waals surface area contributed by atoms with Crippen LogP contribution in [-0.4, -0.2) is 0 Å². The van der Waals surface area contributed by atoms with Gasteiger partial charge in [0.2, 0.25) is 0 Å². The first kappa shape index (κ1) is 43.3. The molecule has 16 N–H and O–H groups in total. The molecular formula is C52H56N8. The quantitative estimate of drug-likeness (QED) is 0.0802. The molecule has 0 spiro atoms. The van der Waals surface area contributed by atoms with Crippen molar-refractivity contribution >= 4 is 45.5 Å². The van der Waals surface area contributed by atoms with Crippen LogP contribution < -0.4 is 45.9 Å². The lowest BCUT2D eigenvalue weighted by Gasteiger charge is -2.18. The Bertz CT molecular complexity index is 2220. The van der Waals surface area contributed by atoms with Crippen LogP contribution in [0.1, 0.15) is 22.3 Å². The summed E-state index contributed by atoms with van der Waals surface area (Å²) < 4.78 is 0. The molecule has 0 saturated heterocycles. The van der Waals surface area contributed by atoms with Gasteiger partial charge in [0.1, 0.15) is 0 Å². The normalized spacial score (nSPS) is 10.2. The summed E-state index contributed by atoms with van der Waals surface area (Å²) in [5, 5.41) is 0. The third-order valence-electron chi connectivity index (χ3n) is 10.3. The van der Waals surface area contributed by atoms with Crippen molar-refractivity contribution in [2.45, 2.75) is 27.7 Å². The molecular weight excluding hydrogens is 737 g/mol. The van der Waals surface area contributed by atoms with Gasteiger partial charge in [0.15, 0.2) is 0 Å². The van der Waals surface area contributed by atoms with Crippen LogP contribution in [0.3, 0.4) is 0 Å². The summed E-state index contributed by atoms with van der Waals surface area (Å²) in [5.41, 5.74) is 66.2. The molecule has 60 heavy (non-hydrogen) atoms. The van der Waals surface area contributed by atoms with Crippen LogP contribution in [0, 0.1) is 27.7 Å². The van der Waals surface area contributed by atoms with Crippen molar-refractivity contribution in [3.05, 3.63) is 192 Å². The summed E-state index contributed by atoms with van der Waals surface area (Å²) >= 11 is 0.